The molecular weight excluding hydrogens is 270 g/mol. The number of nitrogens with one attached hydrogen (secondary N) is 1. The standard InChI is InChI=1S/C15H19N3OS/c1-11-14(9-16-15(19)10-20-3)12(2)18(17-11)13-7-5-4-6-8-13/h4-8H,9-10H2,1-3H3,(H,16,19). The first-order valence-electron chi connectivity index (χ1n) is 6.49. The van der Waals surface area contributed by atoms with Crippen molar-refractivity contribution in [1.29, 1.82) is 0 Å². The summed E-state index contributed by atoms with van der Waals surface area (Å²) in [5, 5.41) is 7.50. The van der Waals surface area contributed by atoms with Gasteiger partial charge < -0.3 is 5.32 Å². The zero-order valence-electron chi connectivity index (χ0n) is 12.0. The van der Waals surface area contributed by atoms with Gasteiger partial charge in [-0.15, -0.1) is 0 Å². The molecule has 2 rings (SSSR count). The molecule has 1 amide bonds. The zero-order chi connectivity index (χ0) is 14.5. The predicted octanol–water partition coefficient (Wildman–Crippen LogP) is 2.47. The van der Waals surface area contributed by atoms with Crippen LogP contribution in [0.2, 0.25) is 0 Å². The van der Waals surface area contributed by atoms with E-state index >= 15 is 0 Å². The second-order valence-electron chi connectivity index (χ2n) is 4.61. The molecule has 0 atom stereocenters. The zero-order valence-corrected chi connectivity index (χ0v) is 12.8. The highest BCUT2D eigenvalue weighted by molar-refractivity contribution is 7.99. The molecule has 1 N–H and O–H groups in total. The second kappa shape index (κ2) is 6.61. The normalized spacial score (nSPS) is 10.6. The number of hydrogen-bond donors (Lipinski definition) is 1. The predicted molar refractivity (Wildman–Crippen MR) is 83.3 cm³/mol. The third-order valence-corrected chi connectivity index (χ3v) is 3.73. The Morgan fingerprint density at radius 3 is 2.65 bits per heavy atom. The minimum Gasteiger partial charge on any atom is -0.351 e. The molecule has 1 aromatic heterocycles. The van der Waals surface area contributed by atoms with E-state index in [9.17, 15) is 4.79 Å². The number of aromatic nitrogens is 2. The Labute approximate surface area is 123 Å². The number of amides is 1. The highest BCUT2D eigenvalue weighted by Crippen LogP contribution is 2.17. The topological polar surface area (TPSA) is 46.9 Å². The third kappa shape index (κ3) is 3.22. The number of nitrogens with zero attached hydrogens (tertiary/aromatic N) is 2. The van der Waals surface area contributed by atoms with Crippen LogP contribution in [0.25, 0.3) is 5.69 Å². The number of aryl methyl sites for hydroxylation is 1. The maximum Gasteiger partial charge on any atom is 0.230 e. The summed E-state index contributed by atoms with van der Waals surface area (Å²) in [6, 6.07) is 10.0. The molecule has 1 heterocycles. The Morgan fingerprint density at radius 2 is 2.00 bits per heavy atom. The molecule has 0 aliphatic carbocycles. The summed E-state index contributed by atoms with van der Waals surface area (Å²) in [6.07, 6.45) is 1.92. The Morgan fingerprint density at radius 1 is 1.30 bits per heavy atom. The minimum absolute atomic E-state index is 0.0590. The molecule has 20 heavy (non-hydrogen) atoms. The Balaban J connectivity index is 2.19. The fraction of sp³-hybridized carbons (Fsp3) is 0.333. The van der Waals surface area contributed by atoms with Crippen LogP contribution in [0.5, 0.6) is 0 Å². The highest BCUT2D eigenvalue weighted by Gasteiger charge is 2.13. The molecule has 4 nitrogen and oxygen atoms in total. The lowest BCUT2D eigenvalue weighted by Crippen LogP contribution is -2.25. The first-order valence-corrected chi connectivity index (χ1v) is 7.89. The fourth-order valence-corrected chi connectivity index (χ4v) is 2.48. The summed E-state index contributed by atoms with van der Waals surface area (Å²) in [5.41, 5.74) is 4.15. The molecular formula is C15H19N3OS. The van der Waals surface area contributed by atoms with Gasteiger partial charge in [0.2, 0.25) is 5.91 Å². The van der Waals surface area contributed by atoms with Gasteiger partial charge in [-0.2, -0.15) is 16.9 Å². The number of carbonyl (C=O) groups excluding carboxylic acids is 1. The van der Waals surface area contributed by atoms with Gasteiger partial charge >= 0.3 is 0 Å². The van der Waals surface area contributed by atoms with Gasteiger partial charge in [0.25, 0.3) is 0 Å². The van der Waals surface area contributed by atoms with Crippen LogP contribution in [0.1, 0.15) is 17.0 Å². The molecule has 0 fully saturated rings. The van der Waals surface area contributed by atoms with Crippen molar-refractivity contribution in [2.24, 2.45) is 0 Å². The molecule has 0 spiro atoms. The number of rotatable bonds is 5. The monoisotopic (exact) mass is 289 g/mol. The second-order valence-corrected chi connectivity index (χ2v) is 5.47. The lowest BCUT2D eigenvalue weighted by molar-refractivity contribution is -0.118. The first kappa shape index (κ1) is 14.7. The number of carbonyl (C=O) groups is 1. The summed E-state index contributed by atoms with van der Waals surface area (Å²) < 4.78 is 1.92. The molecule has 0 aliphatic rings. The van der Waals surface area contributed by atoms with Gasteiger partial charge in [0, 0.05) is 17.8 Å². The third-order valence-electron chi connectivity index (χ3n) is 3.18. The lowest BCUT2D eigenvalue weighted by atomic mass is 10.2. The maximum atomic E-state index is 11.6. The van der Waals surface area contributed by atoms with Gasteiger partial charge in [-0.25, -0.2) is 4.68 Å². The van der Waals surface area contributed by atoms with Gasteiger partial charge in [0.05, 0.1) is 17.1 Å². The number of hydrogen-bond acceptors (Lipinski definition) is 3. The quantitative estimate of drug-likeness (QED) is 0.920. The average molecular weight is 289 g/mol. The molecule has 0 aliphatic heterocycles. The summed E-state index contributed by atoms with van der Waals surface area (Å²) in [5.74, 6) is 0.550. The van der Waals surface area contributed by atoms with Crippen LogP contribution < -0.4 is 5.32 Å². The first-order chi connectivity index (χ1) is 9.63. The molecule has 106 valence electrons. The van der Waals surface area contributed by atoms with E-state index < -0.39 is 0 Å². The van der Waals surface area contributed by atoms with Gasteiger partial charge in [0.15, 0.2) is 0 Å². The fourth-order valence-electron chi connectivity index (χ4n) is 2.12. The van der Waals surface area contributed by atoms with Crippen LogP contribution in [0.4, 0.5) is 0 Å². The van der Waals surface area contributed by atoms with Crippen LogP contribution >= 0.6 is 11.8 Å². The van der Waals surface area contributed by atoms with Crippen LogP contribution in [-0.4, -0.2) is 27.7 Å². The molecule has 5 heteroatoms. The van der Waals surface area contributed by atoms with E-state index in [0.29, 0.717) is 12.3 Å². The van der Waals surface area contributed by atoms with Gasteiger partial charge in [-0.3, -0.25) is 4.79 Å². The molecule has 0 radical (unpaired) electrons. The van der Waals surface area contributed by atoms with E-state index in [2.05, 4.69) is 10.4 Å². The van der Waals surface area contributed by atoms with Crippen molar-refractivity contribution in [3.63, 3.8) is 0 Å². The van der Waals surface area contributed by atoms with Crippen LogP contribution in [0.3, 0.4) is 0 Å². The van der Waals surface area contributed by atoms with E-state index in [1.165, 1.54) is 11.8 Å². The van der Waals surface area contributed by atoms with Crippen molar-refractivity contribution >= 4 is 17.7 Å². The van der Waals surface area contributed by atoms with E-state index in [1.54, 1.807) is 0 Å². The molecule has 0 saturated heterocycles. The molecule has 2 aromatic rings. The Bertz CT molecular complexity index is 593. The van der Waals surface area contributed by atoms with E-state index in [1.807, 2.05) is 55.1 Å². The molecule has 0 saturated carbocycles. The summed E-state index contributed by atoms with van der Waals surface area (Å²) >= 11 is 1.52. The SMILES string of the molecule is CSCC(=O)NCc1c(C)nn(-c2ccccc2)c1C. The van der Waals surface area contributed by atoms with Crippen LogP contribution in [-0.2, 0) is 11.3 Å². The van der Waals surface area contributed by atoms with Crippen molar-refractivity contribution in [2.75, 3.05) is 12.0 Å². The number of para-hydroxylation sites is 1. The van der Waals surface area contributed by atoms with Crippen molar-refractivity contribution in [3.8, 4) is 5.69 Å². The Kier molecular flexibility index (Phi) is 4.84. The number of thioether (sulfide) groups is 1. The summed E-state index contributed by atoms with van der Waals surface area (Å²) in [4.78, 5) is 11.6. The van der Waals surface area contributed by atoms with E-state index in [0.717, 1.165) is 22.6 Å². The van der Waals surface area contributed by atoms with Crippen molar-refractivity contribution in [3.05, 3.63) is 47.3 Å². The van der Waals surface area contributed by atoms with Crippen molar-refractivity contribution in [2.45, 2.75) is 20.4 Å². The van der Waals surface area contributed by atoms with E-state index in [4.69, 9.17) is 0 Å². The molecule has 0 unspecified atom stereocenters. The smallest absolute Gasteiger partial charge is 0.230 e. The van der Waals surface area contributed by atoms with Crippen LogP contribution in [0.15, 0.2) is 30.3 Å². The minimum atomic E-state index is 0.0590. The van der Waals surface area contributed by atoms with Gasteiger partial charge in [-0.1, -0.05) is 18.2 Å². The van der Waals surface area contributed by atoms with Gasteiger partial charge in [0.1, 0.15) is 0 Å². The molecule has 1 aromatic carbocycles. The van der Waals surface area contributed by atoms with E-state index in [-0.39, 0.29) is 5.91 Å². The average Bonchev–Trinajstić information content (AvgIpc) is 2.73. The van der Waals surface area contributed by atoms with Gasteiger partial charge in [-0.05, 0) is 32.2 Å². The summed E-state index contributed by atoms with van der Waals surface area (Å²) in [6.45, 7) is 4.54. The van der Waals surface area contributed by atoms with Crippen LogP contribution in [0, 0.1) is 13.8 Å². The van der Waals surface area contributed by atoms with Crippen molar-refractivity contribution in [1.82, 2.24) is 15.1 Å². The maximum absolute atomic E-state index is 11.6. The summed E-state index contributed by atoms with van der Waals surface area (Å²) in [7, 11) is 0. The number of benzene rings is 1. The largest absolute Gasteiger partial charge is 0.351 e. The Hall–Kier alpha value is -1.75. The highest BCUT2D eigenvalue weighted by atomic mass is 32.2. The lowest BCUT2D eigenvalue weighted by Gasteiger charge is -2.06. The van der Waals surface area contributed by atoms with Crippen molar-refractivity contribution < 1.29 is 4.79 Å². The molecule has 0 bridgehead atoms.